The van der Waals surface area contributed by atoms with Crippen LogP contribution in [-0.4, -0.2) is 44.1 Å². The third-order valence-corrected chi connectivity index (χ3v) is 6.77. The van der Waals surface area contributed by atoms with Gasteiger partial charge in [-0.25, -0.2) is 13.2 Å². The molecule has 1 saturated heterocycles. The molecular weight excluding hydrogens is 402 g/mol. The van der Waals surface area contributed by atoms with E-state index in [1.54, 1.807) is 41.3 Å². The van der Waals surface area contributed by atoms with Gasteiger partial charge in [0.2, 0.25) is 5.91 Å². The molecule has 7 nitrogen and oxygen atoms in total. The molecule has 3 rings (SSSR count). The molecule has 3 amide bonds. The van der Waals surface area contributed by atoms with Gasteiger partial charge >= 0.3 is 6.03 Å². The van der Waals surface area contributed by atoms with E-state index < -0.39 is 9.84 Å². The first-order chi connectivity index (χ1) is 14.3. The first-order valence-corrected chi connectivity index (χ1v) is 11.7. The number of benzene rings is 2. The number of nitrogens with one attached hydrogen (secondary N) is 2. The van der Waals surface area contributed by atoms with Gasteiger partial charge in [-0.2, -0.15) is 0 Å². The van der Waals surface area contributed by atoms with Gasteiger partial charge in [-0.05, 0) is 49.6 Å². The third kappa shape index (κ3) is 6.06. The van der Waals surface area contributed by atoms with Crippen molar-refractivity contribution in [2.45, 2.75) is 37.6 Å². The topological polar surface area (TPSA) is 95.6 Å². The normalized spacial score (nSPS) is 13.8. The molecule has 2 aromatic rings. The second-order valence-corrected chi connectivity index (χ2v) is 9.59. The fourth-order valence-corrected chi connectivity index (χ4v) is 4.50. The standard InChI is InChI=1S/C22H27N3O4S/c1-17-7-9-20(10-8-17)30(28,29)14-11-21(26)23-16-18-5-4-6-19(15-18)24-22(27)25-12-2-3-13-25/h4-10,15H,2-3,11-14,16H2,1H3,(H,23,26)(H,24,27). The van der Waals surface area contributed by atoms with E-state index in [1.807, 2.05) is 19.1 Å². The molecule has 0 saturated carbocycles. The maximum atomic E-state index is 12.4. The lowest BCUT2D eigenvalue weighted by atomic mass is 10.2. The van der Waals surface area contributed by atoms with E-state index in [0.717, 1.165) is 37.1 Å². The highest BCUT2D eigenvalue weighted by Gasteiger charge is 2.18. The molecule has 1 aliphatic heterocycles. The number of carbonyl (C=O) groups is 2. The zero-order chi connectivity index (χ0) is 21.6. The number of urea groups is 1. The molecule has 0 bridgehead atoms. The van der Waals surface area contributed by atoms with Gasteiger partial charge in [0.1, 0.15) is 0 Å². The zero-order valence-corrected chi connectivity index (χ0v) is 17.9. The maximum Gasteiger partial charge on any atom is 0.321 e. The van der Waals surface area contributed by atoms with Crippen molar-refractivity contribution in [1.82, 2.24) is 10.2 Å². The predicted octanol–water partition coefficient (Wildman–Crippen LogP) is 3.10. The molecule has 2 aromatic carbocycles. The Balaban J connectivity index is 1.48. The van der Waals surface area contributed by atoms with Crippen molar-refractivity contribution in [3.05, 3.63) is 59.7 Å². The summed E-state index contributed by atoms with van der Waals surface area (Å²) in [6, 6.07) is 13.7. The summed E-state index contributed by atoms with van der Waals surface area (Å²) in [4.78, 5) is 26.3. The van der Waals surface area contributed by atoms with Crippen molar-refractivity contribution in [2.24, 2.45) is 0 Å². The largest absolute Gasteiger partial charge is 0.352 e. The first-order valence-electron chi connectivity index (χ1n) is 10.0. The van der Waals surface area contributed by atoms with Crippen LogP contribution in [0.15, 0.2) is 53.4 Å². The zero-order valence-electron chi connectivity index (χ0n) is 17.1. The number of carbonyl (C=O) groups excluding carboxylic acids is 2. The van der Waals surface area contributed by atoms with E-state index >= 15 is 0 Å². The summed E-state index contributed by atoms with van der Waals surface area (Å²) in [6.07, 6.45) is 1.94. The molecule has 2 N–H and O–H groups in total. The van der Waals surface area contributed by atoms with Gasteiger partial charge in [-0.15, -0.1) is 0 Å². The molecule has 1 aliphatic rings. The molecule has 0 aliphatic carbocycles. The van der Waals surface area contributed by atoms with Crippen molar-refractivity contribution >= 4 is 27.5 Å². The highest BCUT2D eigenvalue weighted by molar-refractivity contribution is 7.91. The van der Waals surface area contributed by atoms with Crippen molar-refractivity contribution in [3.8, 4) is 0 Å². The fourth-order valence-electron chi connectivity index (χ4n) is 3.26. The smallest absolute Gasteiger partial charge is 0.321 e. The van der Waals surface area contributed by atoms with E-state index in [2.05, 4.69) is 10.6 Å². The molecule has 1 heterocycles. The Kier molecular flexibility index (Phi) is 7.10. The Bertz CT molecular complexity index is 997. The van der Waals surface area contributed by atoms with Crippen molar-refractivity contribution < 1.29 is 18.0 Å². The summed E-state index contributed by atoms with van der Waals surface area (Å²) in [6.45, 7) is 3.69. The Morgan fingerprint density at radius 2 is 1.73 bits per heavy atom. The van der Waals surface area contributed by atoms with Crippen LogP contribution in [0.4, 0.5) is 10.5 Å². The van der Waals surface area contributed by atoms with Gasteiger partial charge in [-0.3, -0.25) is 4.79 Å². The summed E-state index contributed by atoms with van der Waals surface area (Å²) in [5.74, 6) is -0.578. The highest BCUT2D eigenvalue weighted by atomic mass is 32.2. The van der Waals surface area contributed by atoms with Gasteiger partial charge in [0.25, 0.3) is 0 Å². The van der Waals surface area contributed by atoms with Crippen LogP contribution in [-0.2, 0) is 21.2 Å². The number of amides is 3. The van der Waals surface area contributed by atoms with Gasteiger partial charge in [-0.1, -0.05) is 29.8 Å². The number of aryl methyl sites for hydroxylation is 1. The van der Waals surface area contributed by atoms with Crippen LogP contribution in [0.3, 0.4) is 0 Å². The van der Waals surface area contributed by atoms with E-state index in [9.17, 15) is 18.0 Å². The van der Waals surface area contributed by atoms with Gasteiger partial charge in [0.15, 0.2) is 9.84 Å². The van der Waals surface area contributed by atoms with Gasteiger partial charge in [0.05, 0.1) is 10.6 Å². The summed E-state index contributed by atoms with van der Waals surface area (Å²) in [5.41, 5.74) is 2.47. The monoisotopic (exact) mass is 429 g/mol. The number of anilines is 1. The van der Waals surface area contributed by atoms with Crippen LogP contribution in [0.1, 0.15) is 30.4 Å². The second kappa shape index (κ2) is 9.75. The van der Waals surface area contributed by atoms with E-state index in [-0.39, 0.29) is 35.6 Å². The van der Waals surface area contributed by atoms with Crippen molar-refractivity contribution in [1.29, 1.82) is 0 Å². The van der Waals surface area contributed by atoms with Crippen LogP contribution in [0.5, 0.6) is 0 Å². The van der Waals surface area contributed by atoms with Crippen molar-refractivity contribution in [2.75, 3.05) is 24.2 Å². The van der Waals surface area contributed by atoms with Gasteiger partial charge < -0.3 is 15.5 Å². The number of hydrogen-bond donors (Lipinski definition) is 2. The first kappa shape index (κ1) is 21.8. The molecule has 0 spiro atoms. The lowest BCUT2D eigenvalue weighted by Crippen LogP contribution is -2.32. The minimum atomic E-state index is -3.50. The van der Waals surface area contributed by atoms with Crippen LogP contribution in [0, 0.1) is 6.92 Å². The summed E-state index contributed by atoms with van der Waals surface area (Å²) < 4.78 is 24.7. The van der Waals surface area contributed by atoms with Crippen LogP contribution in [0.25, 0.3) is 0 Å². The van der Waals surface area contributed by atoms with Crippen LogP contribution in [0.2, 0.25) is 0 Å². The van der Waals surface area contributed by atoms with Gasteiger partial charge in [0, 0.05) is 31.7 Å². The molecule has 1 fully saturated rings. The van der Waals surface area contributed by atoms with Crippen LogP contribution < -0.4 is 10.6 Å². The van der Waals surface area contributed by atoms with Crippen molar-refractivity contribution in [3.63, 3.8) is 0 Å². The Labute approximate surface area is 177 Å². The Morgan fingerprint density at radius 3 is 2.43 bits per heavy atom. The number of hydrogen-bond acceptors (Lipinski definition) is 4. The minimum absolute atomic E-state index is 0.110. The highest BCUT2D eigenvalue weighted by Crippen LogP contribution is 2.15. The fraction of sp³-hybridized carbons (Fsp3) is 0.364. The SMILES string of the molecule is Cc1ccc(S(=O)(=O)CCC(=O)NCc2cccc(NC(=O)N3CCCC3)c2)cc1. The molecule has 30 heavy (non-hydrogen) atoms. The number of likely N-dealkylation sites (tertiary alicyclic amines) is 1. The molecule has 0 unspecified atom stereocenters. The Hall–Kier alpha value is -2.87. The maximum absolute atomic E-state index is 12.4. The quantitative estimate of drug-likeness (QED) is 0.707. The van der Waals surface area contributed by atoms with E-state index in [0.29, 0.717) is 5.69 Å². The minimum Gasteiger partial charge on any atom is -0.352 e. The summed E-state index contributed by atoms with van der Waals surface area (Å²) in [5, 5.41) is 5.62. The predicted molar refractivity (Wildman–Crippen MR) is 116 cm³/mol. The number of sulfone groups is 1. The molecule has 0 atom stereocenters. The third-order valence-electron chi connectivity index (χ3n) is 5.04. The molecule has 160 valence electrons. The molecule has 8 heteroatoms. The average molecular weight is 430 g/mol. The lowest BCUT2D eigenvalue weighted by Gasteiger charge is -2.16. The van der Waals surface area contributed by atoms with Crippen LogP contribution >= 0.6 is 0 Å². The second-order valence-electron chi connectivity index (χ2n) is 7.48. The number of rotatable bonds is 7. The summed E-state index contributed by atoms with van der Waals surface area (Å²) in [7, 11) is -3.50. The molecular formula is C22H27N3O4S. The Morgan fingerprint density at radius 1 is 1.03 bits per heavy atom. The number of nitrogens with zero attached hydrogens (tertiary/aromatic N) is 1. The molecule has 0 aromatic heterocycles. The lowest BCUT2D eigenvalue weighted by molar-refractivity contribution is -0.120. The molecule has 0 radical (unpaired) electrons. The van der Waals surface area contributed by atoms with E-state index in [4.69, 9.17) is 0 Å². The van der Waals surface area contributed by atoms with E-state index in [1.165, 1.54) is 0 Å². The average Bonchev–Trinajstić information content (AvgIpc) is 3.26. The summed E-state index contributed by atoms with van der Waals surface area (Å²) >= 11 is 0.